The molecular weight excluding hydrogens is 252 g/mol. The molecule has 0 unspecified atom stereocenters. The Kier molecular flexibility index (Phi) is 5.47. The van der Waals surface area contributed by atoms with Gasteiger partial charge in [0, 0.05) is 6.54 Å². The number of carbonyl (C=O) groups excluding carboxylic acids is 1. The Bertz CT molecular complexity index is 469. The molecule has 0 heterocycles. The average Bonchev–Trinajstić information content (AvgIpc) is 2.37. The maximum Gasteiger partial charge on any atom is 0.325 e. The lowest BCUT2D eigenvalue weighted by molar-refractivity contribution is -0.138. The lowest BCUT2D eigenvalue weighted by Gasteiger charge is -2.24. The van der Waals surface area contributed by atoms with Crippen LogP contribution in [-0.2, 0) is 9.53 Å². The van der Waals surface area contributed by atoms with Gasteiger partial charge < -0.3 is 9.64 Å². The van der Waals surface area contributed by atoms with Crippen LogP contribution in [0.25, 0.3) is 0 Å². The van der Waals surface area contributed by atoms with Crippen molar-refractivity contribution in [2.75, 3.05) is 25.1 Å². The molecule has 0 aliphatic carbocycles. The number of hydrogen-bond acceptors (Lipinski definition) is 4. The standard InChI is InChI=1S/C13H15ClN2O2/c1-3-7-16(9-13(17)18-2)12-6-4-5-11(14)10(12)8-15/h4-6H,3,7,9H2,1-2H3. The van der Waals surface area contributed by atoms with Crippen molar-refractivity contribution in [2.45, 2.75) is 13.3 Å². The fourth-order valence-corrected chi connectivity index (χ4v) is 1.87. The van der Waals surface area contributed by atoms with Crippen LogP contribution in [0.5, 0.6) is 0 Å². The topological polar surface area (TPSA) is 53.3 Å². The number of methoxy groups -OCH3 is 1. The summed E-state index contributed by atoms with van der Waals surface area (Å²) in [5, 5.41) is 9.52. The molecule has 0 N–H and O–H groups in total. The fraction of sp³-hybridized carbons (Fsp3) is 0.385. The largest absolute Gasteiger partial charge is 0.468 e. The van der Waals surface area contributed by atoms with Crippen LogP contribution in [-0.4, -0.2) is 26.2 Å². The molecule has 0 saturated carbocycles. The first-order valence-electron chi connectivity index (χ1n) is 5.64. The van der Waals surface area contributed by atoms with E-state index in [0.717, 1.165) is 6.42 Å². The number of benzene rings is 1. The Morgan fingerprint density at radius 3 is 2.83 bits per heavy atom. The van der Waals surface area contributed by atoms with Crippen molar-refractivity contribution >= 4 is 23.3 Å². The van der Waals surface area contributed by atoms with Gasteiger partial charge in [0.2, 0.25) is 0 Å². The highest BCUT2D eigenvalue weighted by atomic mass is 35.5. The first-order chi connectivity index (χ1) is 8.63. The minimum Gasteiger partial charge on any atom is -0.468 e. The number of rotatable bonds is 5. The predicted octanol–water partition coefficient (Wildman–Crippen LogP) is 2.60. The van der Waals surface area contributed by atoms with E-state index in [2.05, 4.69) is 10.8 Å². The summed E-state index contributed by atoms with van der Waals surface area (Å²) in [5.74, 6) is -0.340. The van der Waals surface area contributed by atoms with Crippen molar-refractivity contribution in [2.24, 2.45) is 0 Å². The highest BCUT2D eigenvalue weighted by Crippen LogP contribution is 2.26. The smallest absolute Gasteiger partial charge is 0.325 e. The molecule has 0 bridgehead atoms. The van der Waals surface area contributed by atoms with Gasteiger partial charge in [0.25, 0.3) is 0 Å². The highest BCUT2D eigenvalue weighted by Gasteiger charge is 2.16. The van der Waals surface area contributed by atoms with Gasteiger partial charge in [-0.25, -0.2) is 0 Å². The third-order valence-electron chi connectivity index (χ3n) is 2.49. The van der Waals surface area contributed by atoms with Crippen LogP contribution in [0.4, 0.5) is 5.69 Å². The van der Waals surface area contributed by atoms with E-state index in [-0.39, 0.29) is 12.5 Å². The van der Waals surface area contributed by atoms with Gasteiger partial charge in [0.05, 0.1) is 23.4 Å². The van der Waals surface area contributed by atoms with E-state index in [1.54, 1.807) is 23.1 Å². The molecule has 0 atom stereocenters. The zero-order valence-electron chi connectivity index (χ0n) is 10.4. The molecule has 0 aliphatic rings. The summed E-state index contributed by atoms with van der Waals surface area (Å²) in [6.45, 7) is 2.77. The molecule has 5 heteroatoms. The Hall–Kier alpha value is -1.73. The maximum atomic E-state index is 11.4. The van der Waals surface area contributed by atoms with E-state index in [1.165, 1.54) is 7.11 Å². The van der Waals surface area contributed by atoms with Crippen LogP contribution in [0, 0.1) is 11.3 Å². The van der Waals surface area contributed by atoms with E-state index in [1.807, 2.05) is 6.92 Å². The van der Waals surface area contributed by atoms with E-state index in [4.69, 9.17) is 16.9 Å². The number of nitriles is 1. The average molecular weight is 267 g/mol. The van der Waals surface area contributed by atoms with Crippen LogP contribution in [0.1, 0.15) is 18.9 Å². The predicted molar refractivity (Wildman–Crippen MR) is 70.7 cm³/mol. The van der Waals surface area contributed by atoms with Crippen LogP contribution in [0.15, 0.2) is 18.2 Å². The second-order valence-electron chi connectivity index (χ2n) is 3.74. The zero-order chi connectivity index (χ0) is 13.5. The number of anilines is 1. The Labute approximate surface area is 112 Å². The van der Waals surface area contributed by atoms with Crippen molar-refractivity contribution in [1.82, 2.24) is 0 Å². The van der Waals surface area contributed by atoms with Crippen LogP contribution >= 0.6 is 11.6 Å². The third kappa shape index (κ3) is 3.38. The van der Waals surface area contributed by atoms with Crippen molar-refractivity contribution < 1.29 is 9.53 Å². The highest BCUT2D eigenvalue weighted by molar-refractivity contribution is 6.32. The number of carbonyl (C=O) groups is 1. The van der Waals surface area contributed by atoms with Gasteiger partial charge in [-0.05, 0) is 18.6 Å². The number of halogens is 1. The molecule has 1 aromatic carbocycles. The lowest BCUT2D eigenvalue weighted by Crippen LogP contribution is -2.31. The lowest BCUT2D eigenvalue weighted by atomic mass is 10.1. The normalized spacial score (nSPS) is 9.67. The van der Waals surface area contributed by atoms with Crippen molar-refractivity contribution in [3.63, 3.8) is 0 Å². The van der Waals surface area contributed by atoms with Crippen LogP contribution in [0.2, 0.25) is 5.02 Å². The molecule has 0 aromatic heterocycles. The Morgan fingerprint density at radius 2 is 2.28 bits per heavy atom. The number of nitrogens with zero attached hydrogens (tertiary/aromatic N) is 2. The summed E-state index contributed by atoms with van der Waals surface area (Å²) in [6, 6.07) is 7.27. The molecular formula is C13H15ClN2O2. The molecule has 1 aromatic rings. The molecule has 1 rings (SSSR count). The van der Waals surface area contributed by atoms with Gasteiger partial charge in [0.15, 0.2) is 0 Å². The molecule has 0 fully saturated rings. The molecule has 0 aliphatic heterocycles. The summed E-state index contributed by atoms with van der Waals surface area (Å²) in [6.07, 6.45) is 0.856. The van der Waals surface area contributed by atoms with Gasteiger partial charge in [0.1, 0.15) is 12.6 Å². The van der Waals surface area contributed by atoms with Gasteiger partial charge in [-0.3, -0.25) is 4.79 Å². The molecule has 0 radical (unpaired) electrons. The first kappa shape index (κ1) is 14.3. The summed E-state index contributed by atoms with van der Waals surface area (Å²) < 4.78 is 4.66. The van der Waals surface area contributed by atoms with Gasteiger partial charge in [-0.1, -0.05) is 24.6 Å². The van der Waals surface area contributed by atoms with E-state index < -0.39 is 0 Å². The van der Waals surface area contributed by atoms with E-state index >= 15 is 0 Å². The van der Waals surface area contributed by atoms with E-state index in [0.29, 0.717) is 22.8 Å². The van der Waals surface area contributed by atoms with Gasteiger partial charge >= 0.3 is 5.97 Å². The third-order valence-corrected chi connectivity index (χ3v) is 2.80. The maximum absolute atomic E-state index is 11.4. The summed E-state index contributed by atoms with van der Waals surface area (Å²) >= 11 is 5.98. The molecule has 0 saturated heterocycles. The SMILES string of the molecule is CCCN(CC(=O)OC)c1cccc(Cl)c1C#N. The van der Waals surface area contributed by atoms with Crippen molar-refractivity contribution in [1.29, 1.82) is 5.26 Å². The number of hydrogen-bond donors (Lipinski definition) is 0. The second-order valence-corrected chi connectivity index (χ2v) is 4.15. The molecule has 0 amide bonds. The Balaban J connectivity index is 3.09. The van der Waals surface area contributed by atoms with E-state index in [9.17, 15) is 4.79 Å². The van der Waals surface area contributed by atoms with Gasteiger partial charge in [-0.2, -0.15) is 5.26 Å². The van der Waals surface area contributed by atoms with Crippen LogP contribution < -0.4 is 4.90 Å². The van der Waals surface area contributed by atoms with Crippen LogP contribution in [0.3, 0.4) is 0 Å². The first-order valence-corrected chi connectivity index (χ1v) is 6.02. The monoisotopic (exact) mass is 266 g/mol. The minimum atomic E-state index is -0.340. The quantitative estimate of drug-likeness (QED) is 0.769. The fourth-order valence-electron chi connectivity index (χ4n) is 1.66. The number of esters is 1. The molecule has 4 nitrogen and oxygen atoms in total. The Morgan fingerprint density at radius 1 is 1.56 bits per heavy atom. The zero-order valence-corrected chi connectivity index (χ0v) is 11.2. The summed E-state index contributed by atoms with van der Waals surface area (Å²) in [5.41, 5.74) is 1.05. The minimum absolute atomic E-state index is 0.110. The number of ether oxygens (including phenoxy) is 1. The summed E-state index contributed by atoms with van der Waals surface area (Å²) in [4.78, 5) is 13.2. The second kappa shape index (κ2) is 6.87. The molecule has 18 heavy (non-hydrogen) atoms. The summed E-state index contributed by atoms with van der Waals surface area (Å²) in [7, 11) is 1.34. The molecule has 0 spiro atoms. The van der Waals surface area contributed by atoms with Gasteiger partial charge in [-0.15, -0.1) is 0 Å². The van der Waals surface area contributed by atoms with Crippen molar-refractivity contribution in [3.8, 4) is 6.07 Å². The molecule has 96 valence electrons. The van der Waals surface area contributed by atoms with Crippen molar-refractivity contribution in [3.05, 3.63) is 28.8 Å².